The van der Waals surface area contributed by atoms with Gasteiger partial charge >= 0.3 is 11.8 Å². The van der Waals surface area contributed by atoms with Gasteiger partial charge in [0.15, 0.2) is 0 Å². The number of hydrogen-bond donors (Lipinski definition) is 2. The van der Waals surface area contributed by atoms with Crippen LogP contribution in [0.25, 0.3) is 10.2 Å². The number of thiophene rings is 1. The highest BCUT2D eigenvalue weighted by atomic mass is 32.1. The Morgan fingerprint density at radius 2 is 2.00 bits per heavy atom. The van der Waals surface area contributed by atoms with Crippen LogP contribution >= 0.6 is 11.3 Å². The molecular weight excluding hydrogens is 324 g/mol. The molecule has 3 aromatic heterocycles. The molecule has 2 N–H and O–H groups in total. The minimum Gasteiger partial charge on any atom is -0.395 e. The first-order valence-corrected chi connectivity index (χ1v) is 7.06. The zero-order chi connectivity index (χ0) is 16.4. The maximum Gasteiger partial charge on any atom is 0.433 e. The molecule has 0 aliphatic heterocycles. The van der Waals surface area contributed by atoms with Crippen LogP contribution in [0.1, 0.15) is 20.2 Å². The second-order valence-corrected chi connectivity index (χ2v) is 5.34. The fourth-order valence-corrected chi connectivity index (χ4v) is 2.67. The van der Waals surface area contributed by atoms with Gasteiger partial charge in [-0.1, -0.05) is 6.07 Å². The maximum atomic E-state index is 12.0. The van der Waals surface area contributed by atoms with Gasteiger partial charge in [0, 0.05) is 11.6 Å². The third-order valence-electron chi connectivity index (χ3n) is 2.80. The summed E-state index contributed by atoms with van der Waals surface area (Å²) in [6, 6.07) is 7.40. The molecule has 3 rings (SSSR count). The molecule has 0 aromatic carbocycles. The summed E-state index contributed by atoms with van der Waals surface area (Å²) < 4.78 is 4.72. The number of hydrogen-bond acceptors (Lipinski definition) is 7. The smallest absolute Gasteiger partial charge is 0.395 e. The predicted octanol–water partition coefficient (Wildman–Crippen LogP) is 1.87. The summed E-state index contributed by atoms with van der Waals surface area (Å²) in [4.78, 5) is 38.6. The van der Waals surface area contributed by atoms with Crippen molar-refractivity contribution in [2.24, 2.45) is 0 Å². The Hall–Kier alpha value is -3.27. The van der Waals surface area contributed by atoms with Crippen molar-refractivity contribution in [3.8, 4) is 0 Å². The van der Waals surface area contributed by atoms with E-state index < -0.39 is 22.6 Å². The Bertz CT molecular complexity index is 883. The van der Waals surface area contributed by atoms with E-state index in [1.165, 1.54) is 11.3 Å². The molecule has 0 aliphatic rings. The summed E-state index contributed by atoms with van der Waals surface area (Å²) in [5.41, 5.74) is 4.34. The highest BCUT2D eigenvalue weighted by molar-refractivity contribution is 7.20. The first-order chi connectivity index (χ1) is 11.0. The molecule has 0 unspecified atom stereocenters. The molecule has 9 nitrogen and oxygen atoms in total. The van der Waals surface area contributed by atoms with Gasteiger partial charge in [0.25, 0.3) is 5.91 Å². The SMILES string of the molecule is O=C(NNC(=O)c1cc2cccnc2s1)c1ccc([N+](=O)[O-])o1. The highest BCUT2D eigenvalue weighted by Gasteiger charge is 2.18. The molecule has 0 bridgehead atoms. The van der Waals surface area contributed by atoms with Crippen molar-refractivity contribution in [3.05, 3.63) is 57.3 Å². The fraction of sp³-hybridized carbons (Fsp3) is 0. The third kappa shape index (κ3) is 3.01. The highest BCUT2D eigenvalue weighted by Crippen LogP contribution is 2.22. The number of nitro groups is 1. The van der Waals surface area contributed by atoms with Crippen molar-refractivity contribution >= 4 is 39.3 Å². The molecule has 0 atom stereocenters. The molecule has 2 amide bonds. The van der Waals surface area contributed by atoms with Crippen molar-refractivity contribution in [3.63, 3.8) is 0 Å². The Morgan fingerprint density at radius 3 is 2.70 bits per heavy atom. The van der Waals surface area contributed by atoms with Crippen molar-refractivity contribution in [1.82, 2.24) is 15.8 Å². The van der Waals surface area contributed by atoms with E-state index >= 15 is 0 Å². The van der Waals surface area contributed by atoms with Crippen LogP contribution in [0.2, 0.25) is 0 Å². The second-order valence-electron chi connectivity index (χ2n) is 4.31. The summed E-state index contributed by atoms with van der Waals surface area (Å²) in [5.74, 6) is -2.17. The molecule has 10 heteroatoms. The first-order valence-electron chi connectivity index (χ1n) is 6.24. The Morgan fingerprint density at radius 1 is 1.22 bits per heavy atom. The zero-order valence-corrected chi connectivity index (χ0v) is 12.1. The van der Waals surface area contributed by atoms with E-state index in [9.17, 15) is 19.7 Å². The topological polar surface area (TPSA) is 127 Å². The summed E-state index contributed by atoms with van der Waals surface area (Å²) in [5, 5.41) is 11.3. The molecule has 0 fully saturated rings. The van der Waals surface area contributed by atoms with E-state index in [1.807, 2.05) is 6.07 Å². The molecule has 3 heterocycles. The number of amides is 2. The van der Waals surface area contributed by atoms with Crippen molar-refractivity contribution < 1.29 is 18.9 Å². The van der Waals surface area contributed by atoms with E-state index in [1.54, 1.807) is 18.3 Å². The van der Waals surface area contributed by atoms with Gasteiger partial charge < -0.3 is 4.42 Å². The number of nitrogens with zero attached hydrogens (tertiary/aromatic N) is 2. The second kappa shape index (κ2) is 5.85. The summed E-state index contributed by atoms with van der Waals surface area (Å²) in [6.07, 6.45) is 1.62. The lowest BCUT2D eigenvalue weighted by Gasteiger charge is -2.03. The van der Waals surface area contributed by atoms with Crippen LogP contribution in [0, 0.1) is 10.1 Å². The first kappa shape index (κ1) is 14.7. The monoisotopic (exact) mass is 332 g/mol. The summed E-state index contributed by atoms with van der Waals surface area (Å²) in [7, 11) is 0. The number of aromatic nitrogens is 1. The van der Waals surface area contributed by atoms with Gasteiger partial charge in [0.1, 0.15) is 9.75 Å². The number of hydrazine groups is 1. The van der Waals surface area contributed by atoms with E-state index in [4.69, 9.17) is 4.42 Å². The minimum atomic E-state index is -0.800. The van der Waals surface area contributed by atoms with Crippen LogP contribution < -0.4 is 10.9 Å². The third-order valence-corrected chi connectivity index (χ3v) is 3.86. The fourth-order valence-electron chi connectivity index (χ4n) is 1.77. The molecule has 0 saturated heterocycles. The lowest BCUT2D eigenvalue weighted by Crippen LogP contribution is -2.41. The molecule has 116 valence electrons. The van der Waals surface area contributed by atoms with Crippen LogP contribution in [0.3, 0.4) is 0 Å². The van der Waals surface area contributed by atoms with Crippen LogP contribution in [-0.2, 0) is 0 Å². The van der Waals surface area contributed by atoms with Gasteiger partial charge in [-0.2, -0.15) is 0 Å². The standard InChI is InChI=1S/C13H8N4O5S/c18-11(8-3-4-10(22-8)17(20)21)15-16-12(19)9-6-7-2-1-5-14-13(7)23-9/h1-6H,(H,15,18)(H,16,19). The Kier molecular flexibility index (Phi) is 3.73. The van der Waals surface area contributed by atoms with E-state index in [-0.39, 0.29) is 5.76 Å². The van der Waals surface area contributed by atoms with Crippen LogP contribution in [-0.4, -0.2) is 21.7 Å². The van der Waals surface area contributed by atoms with E-state index in [2.05, 4.69) is 15.8 Å². The zero-order valence-electron chi connectivity index (χ0n) is 11.3. The normalized spacial score (nSPS) is 10.4. The lowest BCUT2D eigenvalue weighted by atomic mass is 10.3. The lowest BCUT2D eigenvalue weighted by molar-refractivity contribution is -0.402. The summed E-state index contributed by atoms with van der Waals surface area (Å²) >= 11 is 1.17. The number of nitrogens with one attached hydrogen (secondary N) is 2. The van der Waals surface area contributed by atoms with Gasteiger partial charge in [0.05, 0.1) is 10.9 Å². The van der Waals surface area contributed by atoms with Crippen molar-refractivity contribution in [2.75, 3.05) is 0 Å². The molecule has 23 heavy (non-hydrogen) atoms. The molecule has 0 radical (unpaired) electrons. The summed E-state index contributed by atoms with van der Waals surface area (Å²) in [6.45, 7) is 0. The Balaban J connectivity index is 1.65. The van der Waals surface area contributed by atoms with Gasteiger partial charge in [-0.15, -0.1) is 11.3 Å². The number of carbonyl (C=O) groups excluding carboxylic acids is 2. The average Bonchev–Trinajstić information content (AvgIpc) is 3.18. The van der Waals surface area contributed by atoms with Gasteiger partial charge in [-0.25, -0.2) is 4.98 Å². The molecule has 0 saturated carbocycles. The molecular formula is C13H8N4O5S. The predicted molar refractivity (Wildman–Crippen MR) is 79.9 cm³/mol. The number of fused-ring (bicyclic) bond motifs is 1. The number of pyridine rings is 1. The Labute approximate surface area is 132 Å². The quantitative estimate of drug-likeness (QED) is 0.557. The van der Waals surface area contributed by atoms with E-state index in [0.717, 1.165) is 17.5 Å². The van der Waals surface area contributed by atoms with Crippen LogP contribution in [0.5, 0.6) is 0 Å². The number of furan rings is 1. The van der Waals surface area contributed by atoms with Gasteiger partial charge in [0.2, 0.25) is 5.76 Å². The molecule has 0 aliphatic carbocycles. The average molecular weight is 332 g/mol. The van der Waals surface area contributed by atoms with Crippen LogP contribution in [0.4, 0.5) is 5.88 Å². The van der Waals surface area contributed by atoms with Crippen molar-refractivity contribution in [1.29, 1.82) is 0 Å². The van der Waals surface area contributed by atoms with E-state index in [0.29, 0.717) is 9.71 Å². The van der Waals surface area contributed by atoms with Gasteiger partial charge in [-0.3, -0.25) is 30.6 Å². The maximum absolute atomic E-state index is 12.0. The van der Waals surface area contributed by atoms with Crippen molar-refractivity contribution in [2.45, 2.75) is 0 Å². The number of rotatable bonds is 3. The van der Waals surface area contributed by atoms with Crippen LogP contribution in [0.15, 0.2) is 40.9 Å². The number of carbonyl (C=O) groups is 2. The van der Waals surface area contributed by atoms with Gasteiger partial charge in [-0.05, 0) is 18.2 Å². The largest absolute Gasteiger partial charge is 0.433 e. The molecule has 0 spiro atoms. The molecule has 3 aromatic rings. The minimum absolute atomic E-state index is 0.282.